The molecule has 1 aliphatic carbocycles. The van der Waals surface area contributed by atoms with Gasteiger partial charge in [0.1, 0.15) is 0 Å². The highest BCUT2D eigenvalue weighted by Gasteiger charge is 2.35. The standard InChI is InChI=1S/C17H34N2/c1-14(2)13-18-11-10-15(3)19-12-6-9-17(19)16-7-4-5-8-16/h14-18H,4-13H2,1-3H3. The van der Waals surface area contributed by atoms with Gasteiger partial charge in [0.05, 0.1) is 0 Å². The van der Waals surface area contributed by atoms with Gasteiger partial charge < -0.3 is 5.32 Å². The van der Waals surface area contributed by atoms with Gasteiger partial charge in [0.15, 0.2) is 0 Å². The van der Waals surface area contributed by atoms with E-state index in [1.165, 1.54) is 64.6 Å². The second kappa shape index (κ2) is 7.64. The van der Waals surface area contributed by atoms with Gasteiger partial charge in [0.2, 0.25) is 0 Å². The number of hydrogen-bond acceptors (Lipinski definition) is 2. The quantitative estimate of drug-likeness (QED) is 0.707. The number of rotatable bonds is 7. The molecule has 1 N–H and O–H groups in total. The second-order valence-corrected chi connectivity index (χ2v) is 7.23. The zero-order valence-electron chi connectivity index (χ0n) is 13.3. The molecule has 19 heavy (non-hydrogen) atoms. The first-order valence-electron chi connectivity index (χ1n) is 8.65. The van der Waals surface area contributed by atoms with Crippen molar-refractivity contribution in [2.45, 2.75) is 77.8 Å². The molecule has 1 saturated carbocycles. The van der Waals surface area contributed by atoms with Crippen molar-refractivity contribution in [3.8, 4) is 0 Å². The summed E-state index contributed by atoms with van der Waals surface area (Å²) in [6, 6.07) is 1.69. The van der Waals surface area contributed by atoms with Gasteiger partial charge >= 0.3 is 0 Å². The molecule has 1 saturated heterocycles. The highest BCUT2D eigenvalue weighted by atomic mass is 15.2. The SMILES string of the molecule is CC(C)CNCCC(C)N1CCCC1C1CCCC1. The van der Waals surface area contributed by atoms with Crippen LogP contribution >= 0.6 is 0 Å². The van der Waals surface area contributed by atoms with Crippen molar-refractivity contribution in [2.75, 3.05) is 19.6 Å². The van der Waals surface area contributed by atoms with Crippen LogP contribution in [0, 0.1) is 11.8 Å². The van der Waals surface area contributed by atoms with Crippen LogP contribution in [-0.2, 0) is 0 Å². The highest BCUT2D eigenvalue weighted by molar-refractivity contribution is 4.89. The van der Waals surface area contributed by atoms with Crippen LogP contribution in [0.25, 0.3) is 0 Å². The normalized spacial score (nSPS) is 27.5. The number of likely N-dealkylation sites (tertiary alicyclic amines) is 1. The Bertz CT molecular complexity index is 246. The van der Waals surface area contributed by atoms with Crippen LogP contribution in [0.4, 0.5) is 0 Å². The molecule has 2 nitrogen and oxygen atoms in total. The molecule has 2 heteroatoms. The maximum Gasteiger partial charge on any atom is 0.0127 e. The third kappa shape index (κ3) is 4.46. The molecule has 112 valence electrons. The van der Waals surface area contributed by atoms with Gasteiger partial charge in [0.25, 0.3) is 0 Å². The van der Waals surface area contributed by atoms with Crippen LogP contribution in [0.1, 0.15) is 65.7 Å². The second-order valence-electron chi connectivity index (χ2n) is 7.23. The van der Waals surface area contributed by atoms with Gasteiger partial charge in [-0.1, -0.05) is 26.7 Å². The molecule has 1 aliphatic heterocycles. The van der Waals surface area contributed by atoms with Crippen molar-refractivity contribution in [2.24, 2.45) is 11.8 Å². The summed E-state index contributed by atoms with van der Waals surface area (Å²) in [5.41, 5.74) is 0. The molecule has 2 fully saturated rings. The molecule has 2 unspecified atom stereocenters. The summed E-state index contributed by atoms with van der Waals surface area (Å²) >= 11 is 0. The average molecular weight is 266 g/mol. The van der Waals surface area contributed by atoms with E-state index < -0.39 is 0 Å². The van der Waals surface area contributed by atoms with E-state index in [1.54, 1.807) is 0 Å². The number of hydrogen-bond donors (Lipinski definition) is 1. The topological polar surface area (TPSA) is 15.3 Å². The minimum atomic E-state index is 0.771. The lowest BCUT2D eigenvalue weighted by Gasteiger charge is -2.34. The highest BCUT2D eigenvalue weighted by Crippen LogP contribution is 2.36. The smallest absolute Gasteiger partial charge is 0.0127 e. The van der Waals surface area contributed by atoms with Crippen molar-refractivity contribution in [3.05, 3.63) is 0 Å². The lowest BCUT2D eigenvalue weighted by atomic mass is 9.95. The van der Waals surface area contributed by atoms with Gasteiger partial charge in [-0.3, -0.25) is 4.90 Å². The predicted octanol–water partition coefficient (Wildman–Crippen LogP) is 3.67. The number of nitrogens with one attached hydrogen (secondary N) is 1. The van der Waals surface area contributed by atoms with Gasteiger partial charge in [-0.2, -0.15) is 0 Å². The minimum Gasteiger partial charge on any atom is -0.316 e. The van der Waals surface area contributed by atoms with Crippen LogP contribution < -0.4 is 5.32 Å². The summed E-state index contributed by atoms with van der Waals surface area (Å²) in [6.07, 6.45) is 10.2. The van der Waals surface area contributed by atoms with E-state index in [4.69, 9.17) is 0 Å². The van der Waals surface area contributed by atoms with Gasteiger partial charge in [-0.15, -0.1) is 0 Å². The Morgan fingerprint density at radius 1 is 1.05 bits per heavy atom. The van der Waals surface area contributed by atoms with Gasteiger partial charge in [0, 0.05) is 12.1 Å². The van der Waals surface area contributed by atoms with E-state index >= 15 is 0 Å². The molecule has 0 amide bonds. The fourth-order valence-electron chi connectivity index (χ4n) is 4.08. The van der Waals surface area contributed by atoms with Gasteiger partial charge in [-0.25, -0.2) is 0 Å². The first-order chi connectivity index (χ1) is 9.18. The Morgan fingerprint density at radius 3 is 2.47 bits per heavy atom. The van der Waals surface area contributed by atoms with E-state index in [-0.39, 0.29) is 0 Å². The molecule has 2 atom stereocenters. The Morgan fingerprint density at radius 2 is 1.79 bits per heavy atom. The summed E-state index contributed by atoms with van der Waals surface area (Å²) in [6.45, 7) is 10.7. The number of nitrogens with zero attached hydrogens (tertiary/aromatic N) is 1. The Labute approximate surface area is 120 Å². The molecule has 2 aliphatic rings. The van der Waals surface area contributed by atoms with Crippen molar-refractivity contribution < 1.29 is 0 Å². The fourth-order valence-corrected chi connectivity index (χ4v) is 4.08. The maximum absolute atomic E-state index is 3.60. The molecule has 0 bridgehead atoms. The summed E-state index contributed by atoms with van der Waals surface area (Å²) < 4.78 is 0. The van der Waals surface area contributed by atoms with Crippen molar-refractivity contribution in [3.63, 3.8) is 0 Å². The molecule has 2 rings (SSSR count). The van der Waals surface area contributed by atoms with Gasteiger partial charge in [-0.05, 0) is 70.5 Å². The van der Waals surface area contributed by atoms with Crippen molar-refractivity contribution >= 4 is 0 Å². The van der Waals surface area contributed by atoms with E-state index in [1.807, 2.05) is 0 Å². The predicted molar refractivity (Wildman–Crippen MR) is 83.5 cm³/mol. The monoisotopic (exact) mass is 266 g/mol. The third-order valence-corrected chi connectivity index (χ3v) is 5.14. The zero-order valence-corrected chi connectivity index (χ0v) is 13.3. The molecule has 0 aromatic heterocycles. The molecular formula is C17H34N2. The van der Waals surface area contributed by atoms with Crippen LogP contribution in [0.2, 0.25) is 0 Å². The summed E-state index contributed by atoms with van der Waals surface area (Å²) in [7, 11) is 0. The zero-order chi connectivity index (χ0) is 13.7. The largest absolute Gasteiger partial charge is 0.316 e. The third-order valence-electron chi connectivity index (χ3n) is 5.14. The van der Waals surface area contributed by atoms with E-state index in [0.29, 0.717) is 0 Å². The first kappa shape index (κ1) is 15.3. The molecule has 0 aromatic rings. The van der Waals surface area contributed by atoms with Crippen LogP contribution in [0.5, 0.6) is 0 Å². The summed E-state index contributed by atoms with van der Waals surface area (Å²) in [4.78, 5) is 2.84. The van der Waals surface area contributed by atoms with E-state index in [0.717, 1.165) is 23.9 Å². The molecule has 0 spiro atoms. The minimum absolute atomic E-state index is 0.771. The fraction of sp³-hybridized carbons (Fsp3) is 1.00. The average Bonchev–Trinajstić information content (AvgIpc) is 3.02. The van der Waals surface area contributed by atoms with E-state index in [2.05, 4.69) is 31.0 Å². The lowest BCUT2D eigenvalue weighted by molar-refractivity contribution is 0.137. The molecule has 0 radical (unpaired) electrons. The van der Waals surface area contributed by atoms with Crippen LogP contribution in [0.3, 0.4) is 0 Å². The van der Waals surface area contributed by atoms with Crippen LogP contribution in [-0.4, -0.2) is 36.6 Å². The van der Waals surface area contributed by atoms with Crippen LogP contribution in [0.15, 0.2) is 0 Å². The Hall–Kier alpha value is -0.0800. The molecular weight excluding hydrogens is 232 g/mol. The molecule has 0 aromatic carbocycles. The maximum atomic E-state index is 3.60. The Balaban J connectivity index is 1.72. The van der Waals surface area contributed by atoms with Crippen molar-refractivity contribution in [1.29, 1.82) is 0 Å². The van der Waals surface area contributed by atoms with E-state index in [9.17, 15) is 0 Å². The lowest BCUT2D eigenvalue weighted by Crippen LogP contribution is -2.42. The Kier molecular flexibility index (Phi) is 6.15. The van der Waals surface area contributed by atoms with Crippen molar-refractivity contribution in [1.82, 2.24) is 10.2 Å². The first-order valence-corrected chi connectivity index (χ1v) is 8.65. The summed E-state index contributed by atoms with van der Waals surface area (Å²) in [5, 5.41) is 3.60. The summed E-state index contributed by atoms with van der Waals surface area (Å²) in [5.74, 6) is 1.79. The molecule has 1 heterocycles.